The molecule has 8 heteroatoms. The Morgan fingerprint density at radius 3 is 2.41 bits per heavy atom. The number of alkyl halides is 3. The smallest absolute Gasteiger partial charge is 0.376 e. The van der Waals surface area contributed by atoms with Crippen LogP contribution in [0.4, 0.5) is 18.9 Å². The van der Waals surface area contributed by atoms with Crippen molar-refractivity contribution in [3.05, 3.63) is 72.7 Å². The average molecular weight is 418 g/mol. The highest BCUT2D eigenvalue weighted by Crippen LogP contribution is 2.35. The Labute approximate surface area is 172 Å². The van der Waals surface area contributed by atoms with E-state index >= 15 is 0 Å². The summed E-state index contributed by atoms with van der Waals surface area (Å²) in [5.74, 6) is 0. The lowest BCUT2D eigenvalue weighted by atomic mass is 9.92. The first-order chi connectivity index (χ1) is 13.8. The van der Waals surface area contributed by atoms with E-state index < -0.39 is 11.7 Å². The molecule has 1 aliphatic rings. The number of hydrogen-bond donors (Lipinski definition) is 2. The first-order valence-electron chi connectivity index (χ1n) is 9.15. The number of imidazole rings is 1. The standard InChI is InChI=1S/C13H14N2.C8H7F3N2S/c1-2-5-11(6-3-1)13-9-14-10-15(13)12-7-4-8-12;9-8(10,11)5-2-1-3-6(4-5)13-7(12)14/h1-3,5-6,9-10,12H,4,7-8H2;1-4H,(H3,12,13,14). The third-order valence-corrected chi connectivity index (χ3v) is 4.76. The van der Waals surface area contributed by atoms with Crippen LogP contribution in [0.25, 0.3) is 11.3 Å². The molecule has 1 aliphatic carbocycles. The van der Waals surface area contributed by atoms with Crippen LogP contribution in [-0.2, 0) is 6.18 Å². The highest BCUT2D eigenvalue weighted by Gasteiger charge is 2.30. The summed E-state index contributed by atoms with van der Waals surface area (Å²) in [5.41, 5.74) is 7.13. The fourth-order valence-corrected chi connectivity index (χ4v) is 3.13. The summed E-state index contributed by atoms with van der Waals surface area (Å²) in [6.07, 6.45) is 3.54. The molecule has 0 saturated heterocycles. The molecule has 1 fully saturated rings. The lowest BCUT2D eigenvalue weighted by molar-refractivity contribution is -0.137. The molecule has 152 valence electrons. The van der Waals surface area contributed by atoms with E-state index in [-0.39, 0.29) is 10.8 Å². The zero-order valence-electron chi connectivity index (χ0n) is 15.6. The van der Waals surface area contributed by atoms with Gasteiger partial charge in [-0.3, -0.25) is 0 Å². The molecule has 0 unspecified atom stereocenters. The number of nitrogens with one attached hydrogen (secondary N) is 1. The van der Waals surface area contributed by atoms with Gasteiger partial charge in [0, 0.05) is 11.7 Å². The SMILES string of the molecule is NC(=S)Nc1cccc(C(F)(F)F)c1.c1ccc(-c2cncn2C2CCC2)cc1. The summed E-state index contributed by atoms with van der Waals surface area (Å²) >= 11 is 4.50. The van der Waals surface area contributed by atoms with Crippen molar-refractivity contribution in [2.75, 3.05) is 5.32 Å². The van der Waals surface area contributed by atoms with Gasteiger partial charge in [0.15, 0.2) is 5.11 Å². The molecule has 1 saturated carbocycles. The van der Waals surface area contributed by atoms with Crippen LogP contribution in [0.1, 0.15) is 30.9 Å². The van der Waals surface area contributed by atoms with Crippen molar-refractivity contribution in [1.82, 2.24) is 9.55 Å². The Hall–Kier alpha value is -2.87. The molecule has 0 bridgehead atoms. The van der Waals surface area contributed by atoms with Gasteiger partial charge >= 0.3 is 6.18 Å². The van der Waals surface area contributed by atoms with Crippen LogP contribution in [0.3, 0.4) is 0 Å². The van der Waals surface area contributed by atoms with Gasteiger partial charge in [-0.1, -0.05) is 36.4 Å². The van der Waals surface area contributed by atoms with Crippen molar-refractivity contribution in [3.8, 4) is 11.3 Å². The number of halogens is 3. The van der Waals surface area contributed by atoms with Crippen LogP contribution in [0.2, 0.25) is 0 Å². The Kier molecular flexibility index (Phi) is 6.53. The normalized spacial score (nSPS) is 13.8. The predicted octanol–water partition coefficient (Wildman–Crippen LogP) is 5.64. The minimum Gasteiger partial charge on any atom is -0.376 e. The minimum absolute atomic E-state index is 0.0654. The van der Waals surface area contributed by atoms with E-state index in [0.29, 0.717) is 6.04 Å². The van der Waals surface area contributed by atoms with Crippen LogP contribution in [-0.4, -0.2) is 14.7 Å². The van der Waals surface area contributed by atoms with Crippen molar-refractivity contribution in [2.24, 2.45) is 5.73 Å². The summed E-state index contributed by atoms with van der Waals surface area (Å²) in [5, 5.41) is 2.36. The van der Waals surface area contributed by atoms with Gasteiger partial charge in [0.05, 0.1) is 23.8 Å². The summed E-state index contributed by atoms with van der Waals surface area (Å²) < 4.78 is 39.0. The topological polar surface area (TPSA) is 55.9 Å². The van der Waals surface area contributed by atoms with Crippen molar-refractivity contribution in [1.29, 1.82) is 0 Å². The van der Waals surface area contributed by atoms with Crippen molar-refractivity contribution in [2.45, 2.75) is 31.5 Å². The van der Waals surface area contributed by atoms with E-state index in [4.69, 9.17) is 5.73 Å². The molecular formula is C21H21F3N4S. The molecule has 0 aliphatic heterocycles. The molecule has 3 aromatic rings. The molecule has 1 heterocycles. The van der Waals surface area contributed by atoms with Crippen LogP contribution in [0, 0.1) is 0 Å². The maximum atomic E-state index is 12.2. The van der Waals surface area contributed by atoms with E-state index in [0.717, 1.165) is 12.1 Å². The number of nitrogens with zero attached hydrogens (tertiary/aromatic N) is 2. The van der Waals surface area contributed by atoms with Gasteiger partial charge < -0.3 is 15.6 Å². The summed E-state index contributed by atoms with van der Waals surface area (Å²) in [7, 11) is 0. The van der Waals surface area contributed by atoms with Gasteiger partial charge in [0.25, 0.3) is 0 Å². The second-order valence-electron chi connectivity index (χ2n) is 6.70. The average Bonchev–Trinajstić information content (AvgIpc) is 3.10. The third kappa shape index (κ3) is 5.57. The number of thiocarbonyl (C=S) groups is 1. The molecule has 0 radical (unpaired) electrons. The van der Waals surface area contributed by atoms with Gasteiger partial charge in [-0.15, -0.1) is 0 Å². The zero-order valence-corrected chi connectivity index (χ0v) is 16.4. The molecule has 4 rings (SSSR count). The predicted molar refractivity (Wildman–Crippen MR) is 112 cm³/mol. The molecule has 0 spiro atoms. The minimum atomic E-state index is -4.35. The number of anilines is 1. The van der Waals surface area contributed by atoms with Crippen LogP contribution in [0.5, 0.6) is 0 Å². The van der Waals surface area contributed by atoms with Crippen LogP contribution >= 0.6 is 12.2 Å². The van der Waals surface area contributed by atoms with E-state index in [2.05, 4.69) is 51.4 Å². The lowest BCUT2D eigenvalue weighted by Crippen LogP contribution is -2.19. The van der Waals surface area contributed by atoms with Gasteiger partial charge in [-0.2, -0.15) is 13.2 Å². The van der Waals surface area contributed by atoms with Gasteiger partial charge in [-0.05, 0) is 55.2 Å². The quantitative estimate of drug-likeness (QED) is 0.541. The molecular weight excluding hydrogens is 397 g/mol. The third-order valence-electron chi connectivity index (χ3n) is 4.66. The Balaban J connectivity index is 0.000000166. The fraction of sp³-hybridized carbons (Fsp3) is 0.238. The number of nitrogens with two attached hydrogens (primary N) is 1. The zero-order chi connectivity index (χ0) is 20.9. The molecule has 0 amide bonds. The fourth-order valence-electron chi connectivity index (χ4n) is 3.01. The van der Waals surface area contributed by atoms with Crippen molar-refractivity contribution < 1.29 is 13.2 Å². The van der Waals surface area contributed by atoms with E-state index in [9.17, 15) is 13.2 Å². The number of benzene rings is 2. The highest BCUT2D eigenvalue weighted by molar-refractivity contribution is 7.80. The Morgan fingerprint density at radius 1 is 1.10 bits per heavy atom. The molecule has 3 N–H and O–H groups in total. The maximum absolute atomic E-state index is 12.2. The lowest BCUT2D eigenvalue weighted by Gasteiger charge is -2.28. The van der Waals surface area contributed by atoms with Gasteiger partial charge in [-0.25, -0.2) is 4.98 Å². The Bertz CT molecular complexity index is 950. The molecule has 2 aromatic carbocycles. The monoisotopic (exact) mass is 418 g/mol. The summed E-state index contributed by atoms with van der Waals surface area (Å²) in [6.45, 7) is 0. The van der Waals surface area contributed by atoms with Crippen LogP contribution < -0.4 is 11.1 Å². The van der Waals surface area contributed by atoms with Gasteiger partial charge in [0.2, 0.25) is 0 Å². The number of hydrogen-bond acceptors (Lipinski definition) is 2. The number of aromatic nitrogens is 2. The first-order valence-corrected chi connectivity index (χ1v) is 9.56. The molecule has 1 aromatic heterocycles. The van der Waals surface area contributed by atoms with E-state index in [1.54, 1.807) is 0 Å². The maximum Gasteiger partial charge on any atom is 0.416 e. The summed E-state index contributed by atoms with van der Waals surface area (Å²) in [6, 6.07) is 15.8. The second kappa shape index (κ2) is 9.09. The van der Waals surface area contributed by atoms with Crippen molar-refractivity contribution >= 4 is 23.0 Å². The van der Waals surface area contributed by atoms with Gasteiger partial charge in [0.1, 0.15) is 0 Å². The summed E-state index contributed by atoms with van der Waals surface area (Å²) in [4.78, 5) is 4.26. The first kappa shape index (κ1) is 20.9. The van der Waals surface area contributed by atoms with Crippen LogP contribution in [0.15, 0.2) is 67.1 Å². The molecule has 4 nitrogen and oxygen atoms in total. The molecule has 29 heavy (non-hydrogen) atoms. The van der Waals surface area contributed by atoms with E-state index in [1.807, 2.05) is 18.6 Å². The van der Waals surface area contributed by atoms with E-state index in [1.165, 1.54) is 42.7 Å². The second-order valence-corrected chi connectivity index (χ2v) is 7.14. The molecule has 0 atom stereocenters. The number of rotatable bonds is 3. The Morgan fingerprint density at radius 2 is 1.83 bits per heavy atom. The highest BCUT2D eigenvalue weighted by atomic mass is 32.1. The van der Waals surface area contributed by atoms with Crippen molar-refractivity contribution in [3.63, 3.8) is 0 Å². The largest absolute Gasteiger partial charge is 0.416 e.